The first-order valence-electron chi connectivity index (χ1n) is 6.40. The molecule has 0 amide bonds. The van der Waals surface area contributed by atoms with Crippen LogP contribution in [-0.2, 0) is 0 Å². The summed E-state index contributed by atoms with van der Waals surface area (Å²) in [5.74, 6) is 0.0126. The van der Waals surface area contributed by atoms with Gasteiger partial charge in [-0.15, -0.1) is 0 Å². The summed E-state index contributed by atoms with van der Waals surface area (Å²) in [5.41, 5.74) is 0.813. The minimum atomic E-state index is -0.610. The van der Waals surface area contributed by atoms with Crippen molar-refractivity contribution in [1.82, 2.24) is 5.32 Å². The summed E-state index contributed by atoms with van der Waals surface area (Å²) in [6, 6.07) is 11.4. The SMILES string of the molecule is CNC(C)c1ccc(Oc2cccc(F)c2C#N)cc1Cl. The summed E-state index contributed by atoms with van der Waals surface area (Å²) < 4.78 is 19.1. The first kappa shape index (κ1) is 15.3. The molecule has 0 aromatic heterocycles. The van der Waals surface area contributed by atoms with Crippen LogP contribution in [0, 0.1) is 17.1 Å². The molecule has 0 bridgehead atoms. The third-order valence-corrected chi connectivity index (χ3v) is 3.51. The first-order chi connectivity index (χ1) is 10.1. The van der Waals surface area contributed by atoms with Crippen molar-refractivity contribution in [2.75, 3.05) is 7.05 Å². The van der Waals surface area contributed by atoms with E-state index in [2.05, 4.69) is 5.32 Å². The highest BCUT2D eigenvalue weighted by Crippen LogP contribution is 2.31. The Labute approximate surface area is 127 Å². The Balaban J connectivity index is 2.32. The highest BCUT2D eigenvalue weighted by Gasteiger charge is 2.12. The molecule has 0 radical (unpaired) electrons. The number of hydrogen-bond donors (Lipinski definition) is 1. The van der Waals surface area contributed by atoms with Crippen LogP contribution < -0.4 is 10.1 Å². The van der Waals surface area contributed by atoms with Gasteiger partial charge in [0.2, 0.25) is 0 Å². The highest BCUT2D eigenvalue weighted by atomic mass is 35.5. The van der Waals surface area contributed by atoms with E-state index in [9.17, 15) is 4.39 Å². The van der Waals surface area contributed by atoms with Crippen LogP contribution >= 0.6 is 11.6 Å². The maximum absolute atomic E-state index is 13.5. The van der Waals surface area contributed by atoms with Crippen molar-refractivity contribution in [3.05, 3.63) is 58.4 Å². The Morgan fingerprint density at radius 1 is 1.33 bits per heavy atom. The molecule has 1 atom stereocenters. The molecule has 5 heteroatoms. The summed E-state index contributed by atoms with van der Waals surface area (Å²) in [7, 11) is 1.84. The lowest BCUT2D eigenvalue weighted by molar-refractivity contribution is 0.474. The molecule has 21 heavy (non-hydrogen) atoms. The number of hydrogen-bond acceptors (Lipinski definition) is 3. The fraction of sp³-hybridized carbons (Fsp3) is 0.188. The van der Waals surface area contributed by atoms with Gasteiger partial charge in [-0.3, -0.25) is 0 Å². The average Bonchev–Trinajstić information content (AvgIpc) is 2.47. The monoisotopic (exact) mass is 304 g/mol. The van der Waals surface area contributed by atoms with E-state index in [-0.39, 0.29) is 17.4 Å². The molecule has 2 aromatic rings. The molecule has 0 fully saturated rings. The van der Waals surface area contributed by atoms with Gasteiger partial charge in [0.05, 0.1) is 0 Å². The van der Waals surface area contributed by atoms with Crippen molar-refractivity contribution < 1.29 is 9.13 Å². The molecule has 1 unspecified atom stereocenters. The summed E-state index contributed by atoms with van der Waals surface area (Å²) in [5, 5.41) is 12.6. The van der Waals surface area contributed by atoms with Crippen molar-refractivity contribution in [1.29, 1.82) is 5.26 Å². The van der Waals surface area contributed by atoms with Gasteiger partial charge in [0.1, 0.15) is 28.9 Å². The van der Waals surface area contributed by atoms with Crippen LogP contribution in [0.3, 0.4) is 0 Å². The molecule has 2 rings (SSSR count). The summed E-state index contributed by atoms with van der Waals surface area (Å²) in [6.07, 6.45) is 0. The van der Waals surface area contributed by atoms with E-state index in [1.807, 2.05) is 20.0 Å². The molecule has 0 saturated carbocycles. The largest absolute Gasteiger partial charge is 0.456 e. The second-order valence-corrected chi connectivity index (χ2v) is 4.93. The lowest BCUT2D eigenvalue weighted by atomic mass is 10.1. The normalized spacial score (nSPS) is 11.8. The molecule has 2 aromatic carbocycles. The standard InChI is InChI=1S/C16H14ClFN2O/c1-10(20-2)12-7-6-11(8-14(12)17)21-16-5-3-4-15(18)13(16)9-19/h3-8,10,20H,1-2H3. The van der Waals surface area contributed by atoms with Crippen LogP contribution in [0.25, 0.3) is 0 Å². The van der Waals surface area contributed by atoms with Crippen LogP contribution in [-0.4, -0.2) is 7.05 Å². The van der Waals surface area contributed by atoms with Gasteiger partial charge in [-0.1, -0.05) is 23.7 Å². The van der Waals surface area contributed by atoms with E-state index in [1.54, 1.807) is 24.3 Å². The lowest BCUT2D eigenvalue weighted by Crippen LogP contribution is -2.12. The third kappa shape index (κ3) is 3.33. The second kappa shape index (κ2) is 6.57. The number of nitrogens with one attached hydrogen (secondary N) is 1. The Morgan fingerprint density at radius 2 is 2.10 bits per heavy atom. The van der Waals surface area contributed by atoms with Crippen LogP contribution in [0.1, 0.15) is 24.1 Å². The summed E-state index contributed by atoms with van der Waals surface area (Å²) in [4.78, 5) is 0. The van der Waals surface area contributed by atoms with Crippen LogP contribution in [0.4, 0.5) is 4.39 Å². The number of nitrogens with zero attached hydrogens (tertiary/aromatic N) is 1. The topological polar surface area (TPSA) is 45.0 Å². The van der Waals surface area contributed by atoms with Gasteiger partial charge in [0, 0.05) is 11.1 Å². The van der Waals surface area contributed by atoms with E-state index in [0.717, 1.165) is 5.56 Å². The molecule has 1 N–H and O–H groups in total. The fourth-order valence-electron chi connectivity index (χ4n) is 1.90. The minimum Gasteiger partial charge on any atom is -0.456 e. The van der Waals surface area contributed by atoms with E-state index in [4.69, 9.17) is 21.6 Å². The number of nitriles is 1. The van der Waals surface area contributed by atoms with Crippen molar-refractivity contribution in [3.8, 4) is 17.6 Å². The lowest BCUT2D eigenvalue weighted by Gasteiger charge is -2.14. The average molecular weight is 305 g/mol. The quantitative estimate of drug-likeness (QED) is 0.909. The predicted octanol–water partition coefficient (Wildman–Crippen LogP) is 4.42. The third-order valence-electron chi connectivity index (χ3n) is 3.19. The molecular weight excluding hydrogens is 291 g/mol. The molecule has 0 heterocycles. The van der Waals surface area contributed by atoms with Gasteiger partial charge in [-0.2, -0.15) is 5.26 Å². The van der Waals surface area contributed by atoms with Crippen molar-refractivity contribution in [2.24, 2.45) is 0 Å². The minimum absolute atomic E-state index is 0.107. The first-order valence-corrected chi connectivity index (χ1v) is 6.77. The highest BCUT2D eigenvalue weighted by molar-refractivity contribution is 6.31. The Bertz CT molecular complexity index is 697. The van der Waals surface area contributed by atoms with E-state index in [0.29, 0.717) is 10.8 Å². The molecule has 3 nitrogen and oxygen atoms in total. The molecule has 0 saturated heterocycles. The van der Waals surface area contributed by atoms with Gasteiger partial charge in [0.15, 0.2) is 0 Å². The molecule has 0 spiro atoms. The van der Waals surface area contributed by atoms with Crippen LogP contribution in [0.5, 0.6) is 11.5 Å². The molecule has 0 aliphatic carbocycles. The molecular formula is C16H14ClFN2O. The summed E-state index contributed by atoms with van der Waals surface area (Å²) in [6.45, 7) is 1.99. The Hall–Kier alpha value is -2.09. The van der Waals surface area contributed by atoms with Crippen LogP contribution in [0.15, 0.2) is 36.4 Å². The maximum atomic E-state index is 13.5. The Kier molecular flexibility index (Phi) is 4.79. The van der Waals surface area contributed by atoms with Crippen molar-refractivity contribution >= 4 is 11.6 Å². The van der Waals surface area contributed by atoms with Gasteiger partial charge in [-0.25, -0.2) is 4.39 Å². The van der Waals surface area contributed by atoms with E-state index < -0.39 is 5.82 Å². The van der Waals surface area contributed by atoms with Gasteiger partial charge < -0.3 is 10.1 Å². The number of rotatable bonds is 4. The van der Waals surface area contributed by atoms with Crippen LogP contribution in [0.2, 0.25) is 5.02 Å². The van der Waals surface area contributed by atoms with E-state index in [1.165, 1.54) is 12.1 Å². The fourth-order valence-corrected chi connectivity index (χ4v) is 2.24. The van der Waals surface area contributed by atoms with E-state index >= 15 is 0 Å². The second-order valence-electron chi connectivity index (χ2n) is 4.52. The van der Waals surface area contributed by atoms with Gasteiger partial charge in [-0.05, 0) is 43.8 Å². The predicted molar refractivity (Wildman–Crippen MR) is 80.1 cm³/mol. The zero-order valence-corrected chi connectivity index (χ0v) is 12.4. The smallest absolute Gasteiger partial charge is 0.148 e. The Morgan fingerprint density at radius 3 is 2.71 bits per heavy atom. The number of benzene rings is 2. The summed E-state index contributed by atoms with van der Waals surface area (Å²) >= 11 is 6.22. The zero-order chi connectivity index (χ0) is 15.4. The number of halogens is 2. The molecule has 0 aliphatic rings. The van der Waals surface area contributed by atoms with Gasteiger partial charge >= 0.3 is 0 Å². The van der Waals surface area contributed by atoms with Crippen molar-refractivity contribution in [3.63, 3.8) is 0 Å². The molecule has 108 valence electrons. The maximum Gasteiger partial charge on any atom is 0.148 e. The van der Waals surface area contributed by atoms with Crippen molar-refractivity contribution in [2.45, 2.75) is 13.0 Å². The number of ether oxygens (including phenoxy) is 1. The zero-order valence-electron chi connectivity index (χ0n) is 11.7. The van der Waals surface area contributed by atoms with Gasteiger partial charge in [0.25, 0.3) is 0 Å². The molecule has 0 aliphatic heterocycles.